The number of anilines is 1. The minimum absolute atomic E-state index is 0.0938. The molecule has 0 radical (unpaired) electrons. The van der Waals surface area contributed by atoms with Crippen LogP contribution in [0.25, 0.3) is 0 Å². The molecule has 2 aromatic carbocycles. The van der Waals surface area contributed by atoms with Crippen molar-refractivity contribution >= 4 is 39.9 Å². The molecule has 11 heteroatoms. The van der Waals surface area contributed by atoms with Crippen molar-refractivity contribution in [2.75, 3.05) is 17.2 Å². The van der Waals surface area contributed by atoms with E-state index in [9.17, 15) is 19.2 Å². The molecule has 1 amide bonds. The van der Waals surface area contributed by atoms with Crippen molar-refractivity contribution < 1.29 is 14.0 Å². The third-order valence-electron chi connectivity index (χ3n) is 6.62. The first-order chi connectivity index (χ1) is 19.0. The zero-order valence-corrected chi connectivity index (χ0v) is 22.5. The molecule has 8 nitrogen and oxygen atoms in total. The number of carbonyl (C=O) groups is 2. The summed E-state index contributed by atoms with van der Waals surface area (Å²) in [5, 5.41) is 21.8. The van der Waals surface area contributed by atoms with Crippen molar-refractivity contribution in [2.45, 2.75) is 35.9 Å². The number of halogens is 1. The van der Waals surface area contributed by atoms with E-state index in [0.29, 0.717) is 46.5 Å². The van der Waals surface area contributed by atoms with Crippen molar-refractivity contribution in [3.05, 3.63) is 94.2 Å². The molecule has 0 saturated heterocycles. The highest BCUT2D eigenvalue weighted by atomic mass is 32.2. The van der Waals surface area contributed by atoms with Crippen LogP contribution in [0.1, 0.15) is 36.3 Å². The maximum atomic E-state index is 14.9. The van der Waals surface area contributed by atoms with E-state index in [1.165, 1.54) is 29.2 Å². The van der Waals surface area contributed by atoms with Crippen LogP contribution in [-0.4, -0.2) is 34.2 Å². The number of carbonyl (C=O) groups excluding carboxylic acids is 2. The van der Waals surface area contributed by atoms with Crippen molar-refractivity contribution in [2.24, 2.45) is 5.73 Å². The predicted molar refractivity (Wildman–Crippen MR) is 148 cm³/mol. The first-order valence-corrected chi connectivity index (χ1v) is 14.3. The molecule has 2 aliphatic rings. The lowest BCUT2D eigenvalue weighted by atomic mass is 9.75. The molecular weight excluding hydrogens is 535 g/mol. The van der Waals surface area contributed by atoms with Gasteiger partial charge in [-0.15, -0.1) is 10.2 Å². The number of nitrogens with one attached hydrogen (secondary N) is 1. The van der Waals surface area contributed by atoms with Gasteiger partial charge in [0.2, 0.25) is 11.0 Å². The maximum Gasteiger partial charge on any atom is 0.230 e. The zero-order chi connectivity index (χ0) is 27.4. The molecule has 5 rings (SSSR count). The summed E-state index contributed by atoms with van der Waals surface area (Å²) < 4.78 is 15.4. The van der Waals surface area contributed by atoms with Crippen LogP contribution in [-0.2, 0) is 16.0 Å². The Balaban J connectivity index is 1.35. The molecular formula is C28H25FN6O2S2. The topological polar surface area (TPSA) is 125 Å². The molecule has 1 aromatic heterocycles. The van der Waals surface area contributed by atoms with Crippen LogP contribution < -0.4 is 16.0 Å². The third-order valence-corrected chi connectivity index (χ3v) is 8.66. The van der Waals surface area contributed by atoms with E-state index in [1.54, 1.807) is 23.1 Å². The van der Waals surface area contributed by atoms with Gasteiger partial charge in [0.15, 0.2) is 10.1 Å². The van der Waals surface area contributed by atoms with Crippen molar-refractivity contribution in [3.8, 4) is 6.07 Å². The van der Waals surface area contributed by atoms with E-state index in [-0.39, 0.29) is 34.4 Å². The number of hydrogen-bond donors (Lipinski definition) is 2. The van der Waals surface area contributed by atoms with Gasteiger partial charge in [-0.05, 0) is 30.9 Å². The van der Waals surface area contributed by atoms with Gasteiger partial charge in [-0.3, -0.25) is 14.5 Å². The van der Waals surface area contributed by atoms with Crippen molar-refractivity contribution in [1.29, 1.82) is 5.26 Å². The molecule has 3 N–H and O–H groups in total. The Morgan fingerprint density at radius 2 is 1.95 bits per heavy atom. The Kier molecular flexibility index (Phi) is 8.05. The number of Topliss-reactive ketones (excluding diaryl/α,β-unsaturated/α-hetero) is 1. The summed E-state index contributed by atoms with van der Waals surface area (Å²) in [7, 11) is 0. The number of hydrogen-bond acceptors (Lipinski definition) is 9. The van der Waals surface area contributed by atoms with Gasteiger partial charge in [0.05, 0.1) is 23.3 Å². The fourth-order valence-corrected chi connectivity index (χ4v) is 6.56. The number of aromatic nitrogens is 2. The highest BCUT2D eigenvalue weighted by Crippen LogP contribution is 2.47. The van der Waals surface area contributed by atoms with Gasteiger partial charge >= 0.3 is 0 Å². The van der Waals surface area contributed by atoms with E-state index >= 15 is 0 Å². The number of nitrogens with zero attached hydrogens (tertiary/aromatic N) is 4. The van der Waals surface area contributed by atoms with Crippen LogP contribution in [0.4, 0.5) is 9.52 Å². The Bertz CT molecular complexity index is 1510. The summed E-state index contributed by atoms with van der Waals surface area (Å²) in [6, 6.07) is 18.2. The largest absolute Gasteiger partial charge is 0.384 e. The molecule has 0 spiro atoms. The second-order valence-electron chi connectivity index (χ2n) is 9.06. The van der Waals surface area contributed by atoms with Crippen LogP contribution in [0.15, 0.2) is 81.6 Å². The lowest BCUT2D eigenvalue weighted by Gasteiger charge is -2.38. The van der Waals surface area contributed by atoms with Gasteiger partial charge in [-0.25, -0.2) is 4.39 Å². The Morgan fingerprint density at radius 1 is 1.18 bits per heavy atom. The number of thioether (sulfide) groups is 1. The summed E-state index contributed by atoms with van der Waals surface area (Å²) in [6.45, 7) is 0.533. The van der Waals surface area contributed by atoms with E-state index in [2.05, 4.69) is 21.6 Å². The predicted octanol–water partition coefficient (Wildman–Crippen LogP) is 4.43. The standard InChI is InChI=1S/C28H25FN6O2S2/c29-20-10-5-4-9-18(20)24-19(15-30)26(31)35(21-11-6-12-22(36)25(21)24)27-33-34-28(39-27)38-16-23(37)32-14-13-17-7-2-1-3-8-17/h1-5,7-10,24H,6,11-14,16,31H2,(H,32,37). The van der Waals surface area contributed by atoms with Crippen molar-refractivity contribution in [1.82, 2.24) is 15.5 Å². The molecule has 1 aliphatic heterocycles. The van der Waals surface area contributed by atoms with Gasteiger partial charge in [0, 0.05) is 29.8 Å². The summed E-state index contributed by atoms with van der Waals surface area (Å²) in [4.78, 5) is 27.1. The van der Waals surface area contributed by atoms with Crippen LogP contribution in [0.5, 0.6) is 0 Å². The van der Waals surface area contributed by atoms with E-state index in [4.69, 9.17) is 5.73 Å². The van der Waals surface area contributed by atoms with Gasteiger partial charge in [-0.1, -0.05) is 71.6 Å². The molecule has 1 aliphatic carbocycles. The maximum absolute atomic E-state index is 14.9. The molecule has 1 atom stereocenters. The number of benzene rings is 2. The first-order valence-electron chi connectivity index (χ1n) is 12.5. The van der Waals surface area contributed by atoms with Gasteiger partial charge < -0.3 is 11.1 Å². The molecule has 0 saturated carbocycles. The summed E-state index contributed by atoms with van der Waals surface area (Å²) in [6.07, 6.45) is 2.19. The van der Waals surface area contributed by atoms with Gasteiger partial charge in [0.1, 0.15) is 11.6 Å². The highest BCUT2D eigenvalue weighted by Gasteiger charge is 2.42. The van der Waals surface area contributed by atoms with Crippen LogP contribution >= 0.6 is 23.1 Å². The average Bonchev–Trinajstić information content (AvgIpc) is 3.41. The van der Waals surface area contributed by atoms with Crippen molar-refractivity contribution in [3.63, 3.8) is 0 Å². The quantitative estimate of drug-likeness (QED) is 0.388. The SMILES string of the molecule is N#CC1=C(N)N(c2nnc(SCC(=O)NCCc3ccccc3)s2)C2=C(C(=O)CCC2)C1c1ccccc1F. The summed E-state index contributed by atoms with van der Waals surface area (Å²) >= 11 is 2.47. The molecule has 1 unspecified atom stereocenters. The first kappa shape index (κ1) is 26.6. The molecule has 2 heterocycles. The summed E-state index contributed by atoms with van der Waals surface area (Å²) in [5.74, 6) is -1.37. The van der Waals surface area contributed by atoms with Gasteiger partial charge in [-0.2, -0.15) is 5.26 Å². The zero-order valence-electron chi connectivity index (χ0n) is 20.9. The Morgan fingerprint density at radius 3 is 2.72 bits per heavy atom. The molecule has 3 aromatic rings. The molecule has 0 bridgehead atoms. The van der Waals surface area contributed by atoms with Crippen LogP contribution in [0.3, 0.4) is 0 Å². The number of amides is 1. The smallest absolute Gasteiger partial charge is 0.230 e. The fraction of sp³-hybridized carbons (Fsp3) is 0.250. The normalized spacial score (nSPS) is 17.2. The lowest BCUT2D eigenvalue weighted by Crippen LogP contribution is -2.38. The highest BCUT2D eigenvalue weighted by molar-refractivity contribution is 8.01. The average molecular weight is 561 g/mol. The molecule has 0 fully saturated rings. The number of allylic oxidation sites excluding steroid dienone is 3. The number of nitriles is 1. The van der Waals surface area contributed by atoms with Gasteiger partial charge in [0.25, 0.3) is 0 Å². The summed E-state index contributed by atoms with van der Waals surface area (Å²) in [5.41, 5.74) is 8.99. The second-order valence-corrected chi connectivity index (χ2v) is 11.2. The third kappa shape index (κ3) is 5.57. The van der Waals surface area contributed by atoms with Crippen LogP contribution in [0, 0.1) is 17.1 Å². The second kappa shape index (κ2) is 11.8. The Labute approximate surface area is 233 Å². The number of rotatable bonds is 8. The minimum Gasteiger partial charge on any atom is -0.384 e. The molecule has 39 heavy (non-hydrogen) atoms. The van der Waals surface area contributed by atoms with E-state index < -0.39 is 11.7 Å². The number of ketones is 1. The van der Waals surface area contributed by atoms with E-state index in [0.717, 1.165) is 12.0 Å². The number of nitrogens with two attached hydrogens (primary N) is 1. The Hall–Kier alpha value is -4.01. The minimum atomic E-state index is -0.878. The van der Waals surface area contributed by atoms with Crippen LogP contribution in [0.2, 0.25) is 0 Å². The van der Waals surface area contributed by atoms with E-state index in [1.807, 2.05) is 30.3 Å². The lowest BCUT2D eigenvalue weighted by molar-refractivity contribution is -0.118. The molecule has 198 valence electrons. The monoisotopic (exact) mass is 560 g/mol. The fourth-order valence-electron chi connectivity index (χ4n) is 4.85.